The van der Waals surface area contributed by atoms with Gasteiger partial charge in [-0.15, -0.1) is 0 Å². The molecule has 0 spiro atoms. The van der Waals surface area contributed by atoms with E-state index in [1.807, 2.05) is 0 Å². The van der Waals surface area contributed by atoms with Crippen LogP contribution in [0.2, 0.25) is 0 Å². The molecule has 1 rings (SSSR count). The van der Waals surface area contributed by atoms with E-state index in [1.165, 1.54) is 0 Å². The Hall–Kier alpha value is -0.620. The number of ether oxygens (including phenoxy) is 1. The van der Waals surface area contributed by atoms with Crippen LogP contribution in [0.4, 0.5) is 0 Å². The minimum Gasteiger partial charge on any atom is -0.465 e. The zero-order valence-corrected chi connectivity index (χ0v) is 11.1. The topological polar surface area (TPSA) is 72.5 Å². The summed E-state index contributed by atoms with van der Waals surface area (Å²) in [7, 11) is -2.88. The number of nitrogens with one attached hydrogen (secondary N) is 1. The molecule has 1 aliphatic heterocycles. The molecule has 0 aliphatic carbocycles. The van der Waals surface area contributed by atoms with Gasteiger partial charge in [-0.1, -0.05) is 19.8 Å². The zero-order valence-electron chi connectivity index (χ0n) is 10.3. The molecule has 1 atom stereocenters. The molecule has 1 heterocycles. The van der Waals surface area contributed by atoms with Gasteiger partial charge in [-0.2, -0.15) is 0 Å². The lowest BCUT2D eigenvalue weighted by Crippen LogP contribution is -2.35. The second kappa shape index (κ2) is 6.96. The van der Waals surface area contributed by atoms with Crippen molar-refractivity contribution in [1.29, 1.82) is 0 Å². The van der Waals surface area contributed by atoms with Gasteiger partial charge in [0, 0.05) is 6.04 Å². The number of carbonyl (C=O) groups excluding carboxylic acids is 1. The predicted molar refractivity (Wildman–Crippen MR) is 65.5 cm³/mol. The maximum Gasteiger partial charge on any atom is 0.319 e. The lowest BCUT2D eigenvalue weighted by molar-refractivity contribution is -0.142. The van der Waals surface area contributed by atoms with Crippen LogP contribution in [-0.4, -0.2) is 45.1 Å². The fourth-order valence-electron chi connectivity index (χ4n) is 1.77. The number of carbonyl (C=O) groups is 1. The Morgan fingerprint density at radius 1 is 1.41 bits per heavy atom. The van der Waals surface area contributed by atoms with Gasteiger partial charge in [-0.3, -0.25) is 4.79 Å². The Labute approximate surface area is 103 Å². The number of hydrogen-bond donors (Lipinski definition) is 1. The second-order valence-electron chi connectivity index (χ2n) is 4.41. The highest BCUT2D eigenvalue weighted by molar-refractivity contribution is 7.91. The van der Waals surface area contributed by atoms with E-state index < -0.39 is 9.84 Å². The summed E-state index contributed by atoms with van der Waals surface area (Å²) in [5, 5.41) is 2.92. The van der Waals surface area contributed by atoms with E-state index in [4.69, 9.17) is 4.74 Å². The largest absolute Gasteiger partial charge is 0.465 e. The third-order valence-electron chi connectivity index (χ3n) is 2.78. The van der Waals surface area contributed by atoms with E-state index in [0.29, 0.717) is 13.0 Å². The molecule has 100 valence electrons. The summed E-state index contributed by atoms with van der Waals surface area (Å²) in [5.74, 6) is 0.0529. The first-order valence-corrected chi connectivity index (χ1v) is 7.95. The molecule has 0 bridgehead atoms. The molecule has 0 aromatic rings. The minimum absolute atomic E-state index is 0.0943. The van der Waals surface area contributed by atoms with Gasteiger partial charge < -0.3 is 10.1 Å². The third-order valence-corrected chi connectivity index (χ3v) is 4.55. The average Bonchev–Trinajstić information content (AvgIpc) is 2.62. The summed E-state index contributed by atoms with van der Waals surface area (Å²) < 4.78 is 27.4. The molecule has 1 fully saturated rings. The molecule has 1 aliphatic rings. The first-order chi connectivity index (χ1) is 8.03. The molecule has 1 saturated heterocycles. The molecule has 0 radical (unpaired) electrons. The van der Waals surface area contributed by atoms with E-state index in [-0.39, 0.29) is 30.1 Å². The fraction of sp³-hybridized carbons (Fsp3) is 0.909. The van der Waals surface area contributed by atoms with Crippen LogP contribution in [0.25, 0.3) is 0 Å². The standard InChI is InChI=1S/C11H21NO4S/c1-2-3-4-6-16-11(13)8-12-10-5-7-17(14,15)9-10/h10,12H,2-9H2,1H3. The van der Waals surface area contributed by atoms with Crippen LogP contribution < -0.4 is 5.32 Å². The van der Waals surface area contributed by atoms with Crippen LogP contribution in [0.15, 0.2) is 0 Å². The van der Waals surface area contributed by atoms with Crippen molar-refractivity contribution in [2.75, 3.05) is 24.7 Å². The van der Waals surface area contributed by atoms with Crippen LogP contribution >= 0.6 is 0 Å². The van der Waals surface area contributed by atoms with Crippen LogP contribution in [-0.2, 0) is 19.4 Å². The van der Waals surface area contributed by atoms with Crippen molar-refractivity contribution < 1.29 is 17.9 Å². The normalized spacial score (nSPS) is 22.5. The number of hydrogen-bond acceptors (Lipinski definition) is 5. The molecule has 6 heteroatoms. The van der Waals surface area contributed by atoms with Gasteiger partial charge in [0.05, 0.1) is 24.7 Å². The minimum atomic E-state index is -2.88. The molecule has 5 nitrogen and oxygen atoms in total. The van der Waals surface area contributed by atoms with Gasteiger partial charge in [0.2, 0.25) is 0 Å². The number of esters is 1. The van der Waals surface area contributed by atoms with Crippen molar-refractivity contribution in [1.82, 2.24) is 5.32 Å². The van der Waals surface area contributed by atoms with E-state index in [2.05, 4.69) is 12.2 Å². The summed E-state index contributed by atoms with van der Waals surface area (Å²) in [6.07, 6.45) is 3.63. The van der Waals surface area contributed by atoms with Crippen molar-refractivity contribution in [2.45, 2.75) is 38.6 Å². The third kappa shape index (κ3) is 6.02. The van der Waals surface area contributed by atoms with Crippen LogP contribution in [0.3, 0.4) is 0 Å². The predicted octanol–water partition coefficient (Wildman–Crippen LogP) is 0.497. The maximum atomic E-state index is 11.3. The van der Waals surface area contributed by atoms with Crippen LogP contribution in [0.1, 0.15) is 32.6 Å². The van der Waals surface area contributed by atoms with E-state index in [1.54, 1.807) is 0 Å². The second-order valence-corrected chi connectivity index (χ2v) is 6.64. The SMILES string of the molecule is CCCCCOC(=O)CNC1CCS(=O)(=O)C1. The quantitative estimate of drug-likeness (QED) is 0.535. The number of sulfone groups is 1. The van der Waals surface area contributed by atoms with Crippen molar-refractivity contribution in [3.8, 4) is 0 Å². The Morgan fingerprint density at radius 3 is 2.76 bits per heavy atom. The van der Waals surface area contributed by atoms with E-state index in [0.717, 1.165) is 19.3 Å². The van der Waals surface area contributed by atoms with E-state index in [9.17, 15) is 13.2 Å². The molecule has 0 amide bonds. The molecule has 17 heavy (non-hydrogen) atoms. The van der Waals surface area contributed by atoms with Crippen LogP contribution in [0, 0.1) is 0 Å². The first kappa shape index (κ1) is 14.4. The van der Waals surface area contributed by atoms with Crippen molar-refractivity contribution in [2.24, 2.45) is 0 Å². The Morgan fingerprint density at radius 2 is 2.18 bits per heavy atom. The van der Waals surface area contributed by atoms with Crippen molar-refractivity contribution in [3.05, 3.63) is 0 Å². The molecule has 1 N–H and O–H groups in total. The summed E-state index contributed by atoms with van der Waals surface area (Å²) in [4.78, 5) is 11.3. The maximum absolute atomic E-state index is 11.3. The molecular weight excluding hydrogens is 242 g/mol. The van der Waals surface area contributed by atoms with Crippen LogP contribution in [0.5, 0.6) is 0 Å². The Bertz CT molecular complexity index is 339. The molecule has 0 aromatic heterocycles. The average molecular weight is 263 g/mol. The van der Waals surface area contributed by atoms with Gasteiger partial charge in [-0.05, 0) is 12.8 Å². The summed E-state index contributed by atoms with van der Waals surface area (Å²) >= 11 is 0. The lowest BCUT2D eigenvalue weighted by Gasteiger charge is -2.10. The molecule has 0 saturated carbocycles. The number of rotatable bonds is 7. The monoisotopic (exact) mass is 263 g/mol. The molecular formula is C11H21NO4S. The highest BCUT2D eigenvalue weighted by atomic mass is 32.2. The molecule has 1 unspecified atom stereocenters. The Balaban J connectivity index is 2.08. The van der Waals surface area contributed by atoms with Gasteiger partial charge in [0.25, 0.3) is 0 Å². The van der Waals surface area contributed by atoms with Gasteiger partial charge in [0.1, 0.15) is 0 Å². The van der Waals surface area contributed by atoms with Gasteiger partial charge in [0.15, 0.2) is 9.84 Å². The smallest absolute Gasteiger partial charge is 0.319 e. The Kier molecular flexibility index (Phi) is 5.91. The van der Waals surface area contributed by atoms with Gasteiger partial charge >= 0.3 is 5.97 Å². The lowest BCUT2D eigenvalue weighted by atomic mass is 10.2. The summed E-state index contributed by atoms with van der Waals surface area (Å²) in [6.45, 7) is 2.65. The zero-order chi connectivity index (χ0) is 12.7. The summed E-state index contributed by atoms with van der Waals surface area (Å²) in [6, 6.07) is -0.0943. The van der Waals surface area contributed by atoms with Crippen molar-refractivity contribution in [3.63, 3.8) is 0 Å². The highest BCUT2D eigenvalue weighted by Gasteiger charge is 2.27. The fourth-order valence-corrected chi connectivity index (χ4v) is 3.48. The summed E-state index contributed by atoms with van der Waals surface area (Å²) in [5.41, 5.74) is 0. The number of unbranched alkanes of at least 4 members (excludes halogenated alkanes) is 2. The van der Waals surface area contributed by atoms with E-state index >= 15 is 0 Å². The first-order valence-electron chi connectivity index (χ1n) is 6.13. The van der Waals surface area contributed by atoms with Crippen molar-refractivity contribution >= 4 is 15.8 Å². The van der Waals surface area contributed by atoms with Gasteiger partial charge in [-0.25, -0.2) is 8.42 Å². The highest BCUT2D eigenvalue weighted by Crippen LogP contribution is 2.10. The molecule has 0 aromatic carbocycles.